The molecule has 1 aromatic heterocycles. The van der Waals surface area contributed by atoms with Crippen LogP contribution in [0.5, 0.6) is 0 Å². The van der Waals surface area contributed by atoms with Gasteiger partial charge >= 0.3 is 0 Å². The predicted octanol–water partition coefficient (Wildman–Crippen LogP) is 2.14. The Hall–Kier alpha value is -1.77. The summed E-state index contributed by atoms with van der Waals surface area (Å²) in [5, 5.41) is 2.86. The molecule has 1 amide bonds. The van der Waals surface area contributed by atoms with Gasteiger partial charge in [-0.25, -0.2) is 17.5 Å². The van der Waals surface area contributed by atoms with Crippen molar-refractivity contribution in [3.63, 3.8) is 0 Å². The standard InChI is InChI=1S/C16H17FN2O3S2/c1-18-24(21,22)14-7-6-13(23-14)10-19-15(20)16(8-9-16)11-2-4-12(17)5-3-11/h2-7,18H,8-10H2,1H3,(H,19,20). The molecule has 24 heavy (non-hydrogen) atoms. The van der Waals surface area contributed by atoms with Crippen LogP contribution in [0.2, 0.25) is 0 Å². The fourth-order valence-electron chi connectivity index (χ4n) is 2.58. The molecule has 128 valence electrons. The van der Waals surface area contributed by atoms with Crippen LogP contribution in [0.25, 0.3) is 0 Å². The summed E-state index contributed by atoms with van der Waals surface area (Å²) in [5.74, 6) is -0.438. The summed E-state index contributed by atoms with van der Waals surface area (Å²) < 4.78 is 38.9. The van der Waals surface area contributed by atoms with E-state index in [4.69, 9.17) is 0 Å². The minimum atomic E-state index is -3.46. The van der Waals surface area contributed by atoms with E-state index in [1.807, 2.05) is 0 Å². The summed E-state index contributed by atoms with van der Waals surface area (Å²) in [5.41, 5.74) is 0.233. The van der Waals surface area contributed by atoms with Crippen molar-refractivity contribution in [1.82, 2.24) is 10.0 Å². The number of benzene rings is 1. The van der Waals surface area contributed by atoms with E-state index in [-0.39, 0.29) is 22.5 Å². The number of carbonyl (C=O) groups is 1. The van der Waals surface area contributed by atoms with E-state index in [9.17, 15) is 17.6 Å². The summed E-state index contributed by atoms with van der Waals surface area (Å²) in [7, 11) is -2.10. The molecule has 1 aliphatic carbocycles. The van der Waals surface area contributed by atoms with Gasteiger partial charge in [0.05, 0.1) is 12.0 Å². The molecule has 0 aliphatic heterocycles. The molecular weight excluding hydrogens is 351 g/mol. The molecule has 3 rings (SSSR count). The van der Waals surface area contributed by atoms with Crippen LogP contribution in [-0.4, -0.2) is 21.4 Å². The zero-order valence-electron chi connectivity index (χ0n) is 13.0. The van der Waals surface area contributed by atoms with Crippen LogP contribution >= 0.6 is 11.3 Å². The average molecular weight is 368 g/mol. The second-order valence-electron chi connectivity index (χ2n) is 5.70. The molecule has 0 bridgehead atoms. The van der Waals surface area contributed by atoms with Gasteiger partial charge in [0.25, 0.3) is 0 Å². The van der Waals surface area contributed by atoms with Gasteiger partial charge in [-0.3, -0.25) is 4.79 Å². The molecule has 0 spiro atoms. The predicted molar refractivity (Wildman–Crippen MR) is 89.7 cm³/mol. The molecule has 1 aliphatic rings. The lowest BCUT2D eigenvalue weighted by Gasteiger charge is -2.15. The molecule has 1 fully saturated rings. The lowest BCUT2D eigenvalue weighted by molar-refractivity contribution is -0.123. The first-order valence-electron chi connectivity index (χ1n) is 7.44. The molecule has 1 aromatic carbocycles. The number of thiophene rings is 1. The second kappa shape index (κ2) is 6.27. The van der Waals surface area contributed by atoms with E-state index in [0.717, 1.165) is 34.6 Å². The van der Waals surface area contributed by atoms with Crippen molar-refractivity contribution in [2.24, 2.45) is 0 Å². The molecule has 1 heterocycles. The molecule has 1 saturated carbocycles. The number of amides is 1. The first-order chi connectivity index (χ1) is 11.4. The van der Waals surface area contributed by atoms with Gasteiger partial charge in [-0.1, -0.05) is 12.1 Å². The Morgan fingerprint density at radius 2 is 1.88 bits per heavy atom. The fourth-order valence-corrected chi connectivity index (χ4v) is 4.71. The van der Waals surface area contributed by atoms with Crippen LogP contribution < -0.4 is 10.0 Å². The minimum Gasteiger partial charge on any atom is -0.350 e. The largest absolute Gasteiger partial charge is 0.350 e. The molecule has 0 unspecified atom stereocenters. The SMILES string of the molecule is CNS(=O)(=O)c1ccc(CNC(=O)C2(c3ccc(F)cc3)CC2)s1. The van der Waals surface area contributed by atoms with Crippen LogP contribution in [-0.2, 0) is 26.8 Å². The zero-order chi connectivity index (χ0) is 17.4. The number of hydrogen-bond acceptors (Lipinski definition) is 4. The summed E-state index contributed by atoms with van der Waals surface area (Å²) in [4.78, 5) is 13.3. The van der Waals surface area contributed by atoms with E-state index in [1.54, 1.807) is 18.2 Å². The Labute approximate surface area is 144 Å². The Kier molecular flexibility index (Phi) is 4.46. The van der Waals surface area contributed by atoms with Crippen molar-refractivity contribution in [3.05, 3.63) is 52.7 Å². The number of halogens is 1. The number of hydrogen-bond donors (Lipinski definition) is 2. The smallest absolute Gasteiger partial charge is 0.249 e. The lowest BCUT2D eigenvalue weighted by atomic mass is 9.95. The third kappa shape index (κ3) is 3.22. The molecular formula is C16H17FN2O3S2. The van der Waals surface area contributed by atoms with E-state index in [1.165, 1.54) is 25.2 Å². The van der Waals surface area contributed by atoms with Gasteiger partial charge in [0, 0.05) is 4.88 Å². The summed E-state index contributed by atoms with van der Waals surface area (Å²) in [6.45, 7) is 0.270. The van der Waals surface area contributed by atoms with Crippen LogP contribution in [0.3, 0.4) is 0 Å². The number of carbonyl (C=O) groups excluding carboxylic acids is 1. The van der Waals surface area contributed by atoms with Crippen molar-refractivity contribution in [1.29, 1.82) is 0 Å². The van der Waals surface area contributed by atoms with Crippen molar-refractivity contribution in [2.45, 2.75) is 29.0 Å². The molecule has 5 nitrogen and oxygen atoms in total. The first kappa shape index (κ1) is 17.1. The van der Waals surface area contributed by atoms with Gasteiger partial charge in [-0.15, -0.1) is 11.3 Å². The summed E-state index contributed by atoms with van der Waals surface area (Å²) in [6, 6.07) is 9.21. The van der Waals surface area contributed by atoms with Gasteiger partial charge in [-0.05, 0) is 49.7 Å². The Balaban J connectivity index is 1.67. The topological polar surface area (TPSA) is 75.3 Å². The fraction of sp³-hybridized carbons (Fsp3) is 0.312. The Morgan fingerprint density at radius 3 is 2.46 bits per heavy atom. The quantitative estimate of drug-likeness (QED) is 0.820. The second-order valence-corrected chi connectivity index (χ2v) is 8.98. The summed E-state index contributed by atoms with van der Waals surface area (Å²) in [6.07, 6.45) is 1.46. The molecule has 2 aromatic rings. The zero-order valence-corrected chi connectivity index (χ0v) is 14.6. The van der Waals surface area contributed by atoms with Gasteiger partial charge < -0.3 is 5.32 Å². The van der Waals surface area contributed by atoms with Crippen molar-refractivity contribution in [3.8, 4) is 0 Å². The molecule has 8 heteroatoms. The molecule has 0 radical (unpaired) electrons. The Morgan fingerprint density at radius 1 is 1.21 bits per heavy atom. The highest BCUT2D eigenvalue weighted by atomic mass is 32.2. The highest BCUT2D eigenvalue weighted by Crippen LogP contribution is 2.48. The van der Waals surface area contributed by atoms with Crippen LogP contribution in [0, 0.1) is 5.82 Å². The van der Waals surface area contributed by atoms with Crippen molar-refractivity contribution in [2.75, 3.05) is 7.05 Å². The monoisotopic (exact) mass is 368 g/mol. The number of sulfonamides is 1. The number of nitrogens with one attached hydrogen (secondary N) is 2. The third-order valence-corrected chi connectivity index (χ3v) is 7.17. The van der Waals surface area contributed by atoms with Crippen LogP contribution in [0.4, 0.5) is 4.39 Å². The van der Waals surface area contributed by atoms with Gasteiger partial charge in [0.15, 0.2) is 0 Å². The van der Waals surface area contributed by atoms with E-state index in [0.29, 0.717) is 0 Å². The van der Waals surface area contributed by atoms with Gasteiger partial charge in [0.1, 0.15) is 10.0 Å². The van der Waals surface area contributed by atoms with E-state index in [2.05, 4.69) is 10.0 Å². The third-order valence-electron chi connectivity index (χ3n) is 4.18. The molecule has 0 atom stereocenters. The number of rotatable bonds is 6. The maximum atomic E-state index is 13.0. The molecule has 2 N–H and O–H groups in total. The van der Waals surface area contributed by atoms with Gasteiger partial charge in [-0.2, -0.15) is 0 Å². The van der Waals surface area contributed by atoms with Crippen LogP contribution in [0.1, 0.15) is 23.3 Å². The van der Waals surface area contributed by atoms with E-state index >= 15 is 0 Å². The van der Waals surface area contributed by atoms with E-state index < -0.39 is 15.4 Å². The highest BCUT2D eigenvalue weighted by molar-refractivity contribution is 7.91. The minimum absolute atomic E-state index is 0.111. The lowest BCUT2D eigenvalue weighted by Crippen LogP contribution is -2.34. The highest BCUT2D eigenvalue weighted by Gasteiger charge is 2.51. The maximum absolute atomic E-state index is 13.0. The average Bonchev–Trinajstić information content (AvgIpc) is 3.24. The van der Waals surface area contributed by atoms with Crippen molar-refractivity contribution >= 4 is 27.3 Å². The maximum Gasteiger partial charge on any atom is 0.249 e. The van der Waals surface area contributed by atoms with Crippen LogP contribution in [0.15, 0.2) is 40.6 Å². The normalized spacial score (nSPS) is 15.9. The van der Waals surface area contributed by atoms with Gasteiger partial charge in [0.2, 0.25) is 15.9 Å². The summed E-state index contributed by atoms with van der Waals surface area (Å²) >= 11 is 1.12. The Bertz CT molecular complexity index is 856. The molecule has 0 saturated heterocycles. The van der Waals surface area contributed by atoms with Crippen molar-refractivity contribution < 1.29 is 17.6 Å². The first-order valence-corrected chi connectivity index (χ1v) is 9.74.